The number of rotatable bonds is 0. The summed E-state index contributed by atoms with van der Waals surface area (Å²) in [7, 11) is 0. The molecule has 0 aromatic heterocycles. The largest absolute Gasteiger partial charge is 0.289 e. The monoisotopic (exact) mass is 212 g/mol. The van der Waals surface area contributed by atoms with E-state index in [1.54, 1.807) is 0 Å². The Labute approximate surface area is 87.5 Å². The molecule has 0 atom stereocenters. The molecule has 0 bridgehead atoms. The van der Waals surface area contributed by atoms with Crippen molar-refractivity contribution in [2.45, 2.75) is 7.43 Å². The molecule has 4 amide bonds. The van der Waals surface area contributed by atoms with Crippen LogP contribution in [0, 0.1) is 0 Å². The quantitative estimate of drug-likeness (QED) is 0.518. The molecule has 0 unspecified atom stereocenters. The van der Waals surface area contributed by atoms with Gasteiger partial charge in [0.05, 0.1) is 0 Å². The van der Waals surface area contributed by atoms with Crippen molar-refractivity contribution >= 4 is 23.6 Å². The molecule has 2 aliphatic rings. The van der Waals surface area contributed by atoms with E-state index in [0.717, 1.165) is 0 Å². The molecule has 82 valence electrons. The topological polar surface area (TPSA) is 92.3 Å². The van der Waals surface area contributed by atoms with Crippen LogP contribution in [0.4, 0.5) is 0 Å². The third-order valence-corrected chi connectivity index (χ3v) is 1.26. The van der Waals surface area contributed by atoms with Crippen LogP contribution < -0.4 is 10.6 Å². The Morgan fingerprint density at radius 1 is 0.667 bits per heavy atom. The van der Waals surface area contributed by atoms with Crippen LogP contribution in [0.25, 0.3) is 0 Å². The molecule has 0 spiro atoms. The molecule has 0 saturated heterocycles. The van der Waals surface area contributed by atoms with E-state index in [1.807, 2.05) is 10.6 Å². The molecular weight excluding hydrogens is 200 g/mol. The van der Waals surface area contributed by atoms with E-state index in [1.165, 1.54) is 24.3 Å². The molecule has 0 aromatic carbocycles. The average molecular weight is 212 g/mol. The lowest BCUT2D eigenvalue weighted by molar-refractivity contribution is -0.125. The number of hydrogen-bond donors (Lipinski definition) is 2. The van der Waals surface area contributed by atoms with Gasteiger partial charge in [-0.25, -0.2) is 0 Å². The van der Waals surface area contributed by atoms with E-state index in [9.17, 15) is 19.2 Å². The van der Waals surface area contributed by atoms with Gasteiger partial charge >= 0.3 is 0 Å². The van der Waals surface area contributed by atoms with Crippen LogP contribution in [0.3, 0.4) is 0 Å². The van der Waals surface area contributed by atoms with Crippen LogP contribution in [0.15, 0.2) is 24.3 Å². The first kappa shape index (κ1) is 12.8. The third kappa shape index (κ3) is 4.51. The van der Waals surface area contributed by atoms with Gasteiger partial charge in [0.25, 0.3) is 23.6 Å². The van der Waals surface area contributed by atoms with Crippen molar-refractivity contribution in [3.05, 3.63) is 24.3 Å². The van der Waals surface area contributed by atoms with Crippen LogP contribution in [-0.2, 0) is 19.2 Å². The zero-order valence-electron chi connectivity index (χ0n) is 6.94. The van der Waals surface area contributed by atoms with Gasteiger partial charge in [0, 0.05) is 25.7 Å². The standard InChI is InChI=1S/2C4H3NO2.CH4.H2/c2*6-3-1-2-4(7)5-3;;/h2*1-2H,(H,5,6,7);1H4;1H. The van der Waals surface area contributed by atoms with Gasteiger partial charge in [-0.15, -0.1) is 0 Å². The second-order valence-electron chi connectivity index (χ2n) is 2.37. The Morgan fingerprint density at radius 2 is 0.867 bits per heavy atom. The minimum Gasteiger partial charge on any atom is -0.289 e. The van der Waals surface area contributed by atoms with Crippen molar-refractivity contribution in [3.63, 3.8) is 0 Å². The van der Waals surface area contributed by atoms with Crippen LogP contribution in [0.1, 0.15) is 8.85 Å². The molecular formula is C9H12N2O4. The first-order valence-electron chi connectivity index (χ1n) is 3.64. The highest BCUT2D eigenvalue weighted by Gasteiger charge is 2.07. The van der Waals surface area contributed by atoms with E-state index in [2.05, 4.69) is 0 Å². The lowest BCUT2D eigenvalue weighted by atomic mass is 10.6. The predicted octanol–water partition coefficient (Wildman–Crippen LogP) is -0.720. The fourth-order valence-corrected chi connectivity index (χ4v) is 0.712. The molecule has 0 saturated carbocycles. The summed E-state index contributed by atoms with van der Waals surface area (Å²) in [6.45, 7) is 0. The van der Waals surface area contributed by atoms with Gasteiger partial charge in [-0.3, -0.25) is 29.8 Å². The first-order chi connectivity index (χ1) is 6.58. The van der Waals surface area contributed by atoms with Gasteiger partial charge in [0.2, 0.25) is 0 Å². The molecule has 2 aliphatic heterocycles. The van der Waals surface area contributed by atoms with Crippen LogP contribution in [0.2, 0.25) is 0 Å². The highest BCUT2D eigenvalue weighted by Crippen LogP contribution is 1.83. The van der Waals surface area contributed by atoms with Crippen molar-refractivity contribution in [1.82, 2.24) is 10.6 Å². The van der Waals surface area contributed by atoms with Gasteiger partial charge in [-0.2, -0.15) is 0 Å². The molecule has 2 N–H and O–H groups in total. The minimum absolute atomic E-state index is 0. The van der Waals surface area contributed by atoms with Crippen LogP contribution in [-0.4, -0.2) is 23.6 Å². The maximum absolute atomic E-state index is 10.0. The van der Waals surface area contributed by atoms with E-state index in [0.29, 0.717) is 0 Å². The average Bonchev–Trinajstić information content (AvgIpc) is 2.63. The Balaban J connectivity index is 0. The van der Waals surface area contributed by atoms with Crippen LogP contribution >= 0.6 is 0 Å². The molecule has 0 aliphatic carbocycles. The van der Waals surface area contributed by atoms with Gasteiger partial charge in [0.15, 0.2) is 0 Å². The summed E-state index contributed by atoms with van der Waals surface area (Å²) in [5.74, 6) is -1.31. The van der Waals surface area contributed by atoms with Gasteiger partial charge in [0.1, 0.15) is 0 Å². The number of carbonyl (C=O) groups excluding carboxylic acids is 4. The molecule has 6 heteroatoms. The van der Waals surface area contributed by atoms with Crippen molar-refractivity contribution in [2.75, 3.05) is 0 Å². The van der Waals surface area contributed by atoms with E-state index >= 15 is 0 Å². The summed E-state index contributed by atoms with van der Waals surface area (Å²) >= 11 is 0. The number of imide groups is 2. The summed E-state index contributed by atoms with van der Waals surface area (Å²) in [6, 6.07) is 0. The van der Waals surface area contributed by atoms with Crippen LogP contribution in [0.5, 0.6) is 0 Å². The molecule has 2 heterocycles. The zero-order chi connectivity index (χ0) is 10.6. The summed E-state index contributed by atoms with van der Waals surface area (Å²) in [6.07, 6.45) is 4.79. The van der Waals surface area contributed by atoms with Crippen molar-refractivity contribution in [1.29, 1.82) is 0 Å². The molecule has 6 nitrogen and oxygen atoms in total. The Morgan fingerprint density at radius 3 is 0.933 bits per heavy atom. The van der Waals surface area contributed by atoms with E-state index < -0.39 is 0 Å². The normalized spacial score (nSPS) is 16.5. The van der Waals surface area contributed by atoms with Gasteiger partial charge in [-0.1, -0.05) is 7.43 Å². The molecule has 0 aromatic rings. The summed E-state index contributed by atoms with van der Waals surface area (Å²) in [5, 5.41) is 4.06. The number of carbonyl (C=O) groups is 4. The highest BCUT2D eigenvalue weighted by molar-refractivity contribution is 6.13. The highest BCUT2D eigenvalue weighted by atomic mass is 16.2. The molecule has 15 heavy (non-hydrogen) atoms. The van der Waals surface area contributed by atoms with E-state index in [-0.39, 0.29) is 32.5 Å². The lowest BCUT2D eigenvalue weighted by Gasteiger charge is -1.80. The van der Waals surface area contributed by atoms with Gasteiger partial charge < -0.3 is 0 Å². The van der Waals surface area contributed by atoms with Crippen molar-refractivity contribution in [3.8, 4) is 0 Å². The SMILES string of the molecule is C.O=C1C=CC(=O)N1.O=C1C=CC(=O)N1.[HH]. The Kier molecular flexibility index (Phi) is 4.66. The summed E-state index contributed by atoms with van der Waals surface area (Å²) in [4.78, 5) is 40.1. The lowest BCUT2D eigenvalue weighted by Crippen LogP contribution is -2.19. The summed E-state index contributed by atoms with van der Waals surface area (Å²) < 4.78 is 0. The molecule has 0 fully saturated rings. The second kappa shape index (κ2) is 5.48. The maximum Gasteiger partial charge on any atom is 0.250 e. The number of hydrogen-bond acceptors (Lipinski definition) is 4. The minimum atomic E-state index is -0.329. The number of nitrogens with one attached hydrogen (secondary N) is 2. The first-order valence-corrected chi connectivity index (χ1v) is 3.64. The fraction of sp³-hybridized carbons (Fsp3) is 0.111. The smallest absolute Gasteiger partial charge is 0.250 e. The predicted molar refractivity (Wildman–Crippen MR) is 53.4 cm³/mol. The molecule has 2 rings (SSSR count). The third-order valence-electron chi connectivity index (χ3n) is 1.26. The Bertz CT molecular complexity index is 306. The maximum atomic E-state index is 10.0. The number of amides is 4. The van der Waals surface area contributed by atoms with Crippen molar-refractivity contribution in [2.24, 2.45) is 0 Å². The fourth-order valence-electron chi connectivity index (χ4n) is 0.712. The second-order valence-corrected chi connectivity index (χ2v) is 2.37. The zero-order valence-corrected chi connectivity index (χ0v) is 6.94. The Hall–Kier alpha value is -2.24. The van der Waals surface area contributed by atoms with E-state index in [4.69, 9.17) is 0 Å². The van der Waals surface area contributed by atoms with Crippen molar-refractivity contribution < 1.29 is 20.6 Å². The van der Waals surface area contributed by atoms with Gasteiger partial charge in [-0.05, 0) is 0 Å². The summed E-state index contributed by atoms with van der Waals surface area (Å²) in [5.41, 5.74) is 0. The molecule has 0 radical (unpaired) electrons.